The molecular formula is C14H19Cl2NO3S. The summed E-state index contributed by atoms with van der Waals surface area (Å²) in [6.45, 7) is 6.72. The van der Waals surface area contributed by atoms with Gasteiger partial charge < -0.3 is 5.32 Å². The van der Waals surface area contributed by atoms with Gasteiger partial charge in [-0.05, 0) is 39.8 Å². The predicted molar refractivity (Wildman–Crippen MR) is 86.4 cm³/mol. The number of nitrogens with one attached hydrogen (secondary N) is 1. The van der Waals surface area contributed by atoms with Crippen LogP contribution >= 0.6 is 23.2 Å². The van der Waals surface area contributed by atoms with Crippen molar-refractivity contribution in [1.29, 1.82) is 0 Å². The third-order valence-electron chi connectivity index (χ3n) is 2.81. The van der Waals surface area contributed by atoms with E-state index in [0.29, 0.717) is 5.56 Å². The Kier molecular flexibility index (Phi) is 5.69. The van der Waals surface area contributed by atoms with E-state index in [1.807, 2.05) is 0 Å². The van der Waals surface area contributed by atoms with Crippen LogP contribution in [0, 0.1) is 0 Å². The molecule has 0 bridgehead atoms. The molecule has 0 aliphatic heterocycles. The first-order valence-electron chi connectivity index (χ1n) is 6.40. The molecule has 0 saturated heterocycles. The molecule has 0 fully saturated rings. The Morgan fingerprint density at radius 1 is 1.24 bits per heavy atom. The minimum absolute atomic E-state index is 0.273. The Bertz CT molecular complexity index is 616. The maximum Gasteiger partial charge on any atom is 0.238 e. The molecule has 0 radical (unpaired) electrons. The highest BCUT2D eigenvalue weighted by molar-refractivity contribution is 7.92. The quantitative estimate of drug-likeness (QED) is 0.905. The highest BCUT2D eigenvalue weighted by atomic mass is 35.5. The minimum atomic E-state index is -3.71. The summed E-state index contributed by atoms with van der Waals surface area (Å²) in [7, 11) is -3.71. The third-order valence-corrected chi connectivity index (χ3v) is 5.50. The van der Waals surface area contributed by atoms with E-state index >= 15 is 0 Å². The topological polar surface area (TPSA) is 63.2 Å². The number of amides is 1. The summed E-state index contributed by atoms with van der Waals surface area (Å²) in [5.41, 5.74) is -0.181. The fraction of sp³-hybridized carbons (Fsp3) is 0.500. The van der Waals surface area contributed by atoms with E-state index in [4.69, 9.17) is 23.2 Å². The van der Waals surface area contributed by atoms with E-state index in [1.165, 1.54) is 6.92 Å². The van der Waals surface area contributed by atoms with Crippen LogP contribution in [-0.2, 0) is 20.4 Å². The number of halogens is 2. The molecule has 0 spiro atoms. The average Bonchev–Trinajstić information content (AvgIpc) is 2.31. The lowest BCUT2D eigenvalue weighted by Crippen LogP contribution is -2.47. The number of hydrogen-bond acceptors (Lipinski definition) is 3. The van der Waals surface area contributed by atoms with Crippen molar-refractivity contribution < 1.29 is 13.2 Å². The molecule has 1 amide bonds. The first-order valence-corrected chi connectivity index (χ1v) is 8.87. The lowest BCUT2D eigenvalue weighted by atomic mass is 10.1. The van der Waals surface area contributed by atoms with Crippen molar-refractivity contribution in [2.24, 2.45) is 0 Å². The molecule has 1 aromatic rings. The van der Waals surface area contributed by atoms with Crippen LogP contribution in [0.1, 0.15) is 33.3 Å². The Labute approximate surface area is 135 Å². The molecule has 0 aliphatic carbocycles. The van der Waals surface area contributed by atoms with Gasteiger partial charge >= 0.3 is 0 Å². The first kappa shape index (κ1) is 18.3. The van der Waals surface area contributed by atoms with Crippen molar-refractivity contribution in [3.8, 4) is 0 Å². The molecule has 1 atom stereocenters. The van der Waals surface area contributed by atoms with Crippen molar-refractivity contribution in [3.05, 3.63) is 33.8 Å². The van der Waals surface area contributed by atoms with Gasteiger partial charge in [-0.3, -0.25) is 4.79 Å². The summed E-state index contributed by atoms with van der Waals surface area (Å²) in [6, 6.07) is 4.77. The first-order chi connectivity index (χ1) is 9.44. The van der Waals surface area contributed by atoms with E-state index in [2.05, 4.69) is 5.32 Å². The zero-order chi connectivity index (χ0) is 16.4. The van der Waals surface area contributed by atoms with Gasteiger partial charge in [0.1, 0.15) is 5.25 Å². The predicted octanol–water partition coefficient (Wildman–Crippen LogP) is 3.21. The number of carbonyl (C=O) groups is 1. The molecule has 118 valence electrons. The zero-order valence-corrected chi connectivity index (χ0v) is 14.7. The van der Waals surface area contributed by atoms with Crippen molar-refractivity contribution >= 4 is 38.9 Å². The molecule has 4 nitrogen and oxygen atoms in total. The van der Waals surface area contributed by atoms with Crippen LogP contribution in [0.5, 0.6) is 0 Å². The third kappa shape index (κ3) is 5.16. The van der Waals surface area contributed by atoms with Gasteiger partial charge in [0, 0.05) is 21.1 Å². The Morgan fingerprint density at radius 2 is 1.71 bits per heavy atom. The van der Waals surface area contributed by atoms with Crippen LogP contribution in [0.3, 0.4) is 0 Å². The molecule has 7 heteroatoms. The second-order valence-electron chi connectivity index (χ2n) is 5.89. The summed E-state index contributed by atoms with van der Waals surface area (Å²) in [4.78, 5) is 12.0. The van der Waals surface area contributed by atoms with Crippen molar-refractivity contribution in [2.45, 2.75) is 44.2 Å². The number of rotatable bonds is 4. The lowest BCUT2D eigenvalue weighted by Gasteiger charge is -2.23. The summed E-state index contributed by atoms with van der Waals surface area (Å²) >= 11 is 12.0. The summed E-state index contributed by atoms with van der Waals surface area (Å²) in [5, 5.41) is 2.02. The normalized spacial score (nSPS) is 13.8. The number of carbonyl (C=O) groups excluding carboxylic acids is 1. The number of benzene rings is 1. The molecule has 1 aromatic carbocycles. The Balaban J connectivity index is 2.99. The van der Waals surface area contributed by atoms with Gasteiger partial charge in [0.25, 0.3) is 0 Å². The molecule has 0 heterocycles. The average molecular weight is 352 g/mol. The van der Waals surface area contributed by atoms with E-state index in [1.54, 1.807) is 39.0 Å². The van der Waals surface area contributed by atoms with Crippen molar-refractivity contribution in [1.82, 2.24) is 5.32 Å². The molecule has 0 aromatic heterocycles. The SMILES string of the molecule is CC(C(=O)NC(C)(C)C)S(=O)(=O)Cc1c(Cl)cccc1Cl. The van der Waals surface area contributed by atoms with Gasteiger partial charge in [0.15, 0.2) is 9.84 Å². The highest BCUT2D eigenvalue weighted by Gasteiger charge is 2.31. The molecule has 1 N–H and O–H groups in total. The molecular weight excluding hydrogens is 333 g/mol. The molecule has 0 aliphatic rings. The summed E-state index contributed by atoms with van der Waals surface area (Å²) < 4.78 is 24.7. The molecule has 0 saturated carbocycles. The number of sulfone groups is 1. The van der Waals surface area contributed by atoms with Crippen LogP contribution in [-0.4, -0.2) is 25.1 Å². The maximum atomic E-state index is 12.4. The smallest absolute Gasteiger partial charge is 0.238 e. The van der Waals surface area contributed by atoms with Gasteiger partial charge in [0.05, 0.1) is 5.75 Å². The van der Waals surface area contributed by atoms with E-state index in [9.17, 15) is 13.2 Å². The second-order valence-corrected chi connectivity index (χ2v) is 9.02. The highest BCUT2D eigenvalue weighted by Crippen LogP contribution is 2.27. The Hall–Kier alpha value is -0.780. The van der Waals surface area contributed by atoms with Crippen molar-refractivity contribution in [3.63, 3.8) is 0 Å². The lowest BCUT2D eigenvalue weighted by molar-refractivity contribution is -0.121. The summed E-state index contributed by atoms with van der Waals surface area (Å²) in [5.74, 6) is -0.907. The standard InChI is InChI=1S/C14H19Cl2NO3S/c1-9(13(18)17-14(2,3)4)21(19,20)8-10-11(15)6-5-7-12(10)16/h5-7,9H,8H2,1-4H3,(H,17,18). The fourth-order valence-electron chi connectivity index (χ4n) is 1.63. The van der Waals surface area contributed by atoms with Crippen molar-refractivity contribution in [2.75, 3.05) is 0 Å². The van der Waals surface area contributed by atoms with E-state index in [-0.39, 0.29) is 15.8 Å². The van der Waals surface area contributed by atoms with Gasteiger partial charge in [-0.25, -0.2) is 8.42 Å². The maximum absolute atomic E-state index is 12.4. The molecule has 1 unspecified atom stereocenters. The van der Waals surface area contributed by atoms with Gasteiger partial charge in [-0.1, -0.05) is 29.3 Å². The second kappa shape index (κ2) is 6.55. The van der Waals surface area contributed by atoms with Gasteiger partial charge in [0.2, 0.25) is 5.91 Å². The number of hydrogen-bond donors (Lipinski definition) is 1. The monoisotopic (exact) mass is 351 g/mol. The van der Waals surface area contributed by atoms with Crippen LogP contribution < -0.4 is 5.32 Å². The van der Waals surface area contributed by atoms with E-state index in [0.717, 1.165) is 0 Å². The molecule has 1 rings (SSSR count). The van der Waals surface area contributed by atoms with Gasteiger partial charge in [-0.2, -0.15) is 0 Å². The molecule has 21 heavy (non-hydrogen) atoms. The van der Waals surface area contributed by atoms with Crippen LogP contribution in [0.4, 0.5) is 0 Å². The zero-order valence-electron chi connectivity index (χ0n) is 12.4. The largest absolute Gasteiger partial charge is 0.350 e. The van der Waals surface area contributed by atoms with Crippen LogP contribution in [0.15, 0.2) is 18.2 Å². The van der Waals surface area contributed by atoms with Crippen LogP contribution in [0.2, 0.25) is 10.0 Å². The van der Waals surface area contributed by atoms with Gasteiger partial charge in [-0.15, -0.1) is 0 Å². The fourth-order valence-corrected chi connectivity index (χ4v) is 3.67. The summed E-state index contributed by atoms with van der Waals surface area (Å²) in [6.07, 6.45) is 0. The Morgan fingerprint density at radius 3 is 2.14 bits per heavy atom. The van der Waals surface area contributed by atoms with Crippen LogP contribution in [0.25, 0.3) is 0 Å². The van der Waals surface area contributed by atoms with E-state index < -0.39 is 26.5 Å². The minimum Gasteiger partial charge on any atom is -0.350 e.